The third-order valence-corrected chi connectivity index (χ3v) is 4.54. The molecule has 4 rings (SSSR count). The Labute approximate surface area is 156 Å². The molecule has 0 radical (unpaired) electrons. The number of hydrogen-bond acceptors (Lipinski definition) is 4. The second kappa shape index (κ2) is 7.07. The molecule has 1 N–H and O–H groups in total. The number of hydrogen-bond donors (Lipinski definition) is 1. The summed E-state index contributed by atoms with van der Waals surface area (Å²) in [6, 6.07) is 15.6. The molecule has 0 aliphatic heterocycles. The van der Waals surface area contributed by atoms with Gasteiger partial charge in [-0.2, -0.15) is 5.10 Å². The van der Waals surface area contributed by atoms with Crippen LogP contribution in [0.3, 0.4) is 0 Å². The van der Waals surface area contributed by atoms with Crippen molar-refractivity contribution in [3.63, 3.8) is 0 Å². The highest BCUT2D eigenvalue weighted by molar-refractivity contribution is 6.00. The lowest BCUT2D eigenvalue weighted by molar-refractivity contribution is 0.0955. The first-order valence-electron chi connectivity index (χ1n) is 8.87. The number of rotatable bonds is 5. The molecule has 0 saturated carbocycles. The van der Waals surface area contributed by atoms with Crippen molar-refractivity contribution >= 4 is 11.4 Å². The molecule has 0 saturated heterocycles. The van der Waals surface area contributed by atoms with Gasteiger partial charge >= 0.3 is 0 Å². The molecule has 27 heavy (non-hydrogen) atoms. The number of aromatic nitrogens is 3. The van der Waals surface area contributed by atoms with Gasteiger partial charge in [-0.3, -0.25) is 4.79 Å². The van der Waals surface area contributed by atoms with Crippen molar-refractivity contribution in [2.75, 3.05) is 6.54 Å². The zero-order chi connectivity index (χ0) is 18.8. The van der Waals surface area contributed by atoms with Gasteiger partial charge in [0.25, 0.3) is 5.91 Å². The van der Waals surface area contributed by atoms with Gasteiger partial charge in [-0.25, -0.2) is 9.50 Å². The molecule has 0 unspecified atom stereocenters. The second-order valence-electron chi connectivity index (χ2n) is 6.42. The fourth-order valence-corrected chi connectivity index (χ4v) is 3.08. The zero-order valence-corrected chi connectivity index (χ0v) is 15.3. The third kappa shape index (κ3) is 3.33. The quantitative estimate of drug-likeness (QED) is 0.590. The van der Waals surface area contributed by atoms with Crippen molar-refractivity contribution in [2.24, 2.45) is 0 Å². The number of carbonyl (C=O) groups is 1. The molecule has 4 aromatic rings. The topological polar surface area (TPSA) is 72.4 Å². The molecule has 0 spiro atoms. The number of nitrogens with zero attached hydrogens (tertiary/aromatic N) is 3. The van der Waals surface area contributed by atoms with Gasteiger partial charge in [0.1, 0.15) is 5.76 Å². The zero-order valence-electron chi connectivity index (χ0n) is 15.3. The molecule has 0 fully saturated rings. The number of pyridine rings is 1. The summed E-state index contributed by atoms with van der Waals surface area (Å²) in [5, 5.41) is 7.23. The molecule has 6 heteroatoms. The number of fused-ring (bicyclic) bond motifs is 1. The SMILES string of the molecule is Cc1oc(-c2ccccc2)nc1CCNC(=O)c1cnn2c(C)cccc12. The highest BCUT2D eigenvalue weighted by atomic mass is 16.4. The van der Waals surface area contributed by atoms with Crippen LogP contribution in [0.15, 0.2) is 59.1 Å². The van der Waals surface area contributed by atoms with E-state index in [0.717, 1.165) is 28.2 Å². The average molecular weight is 360 g/mol. The van der Waals surface area contributed by atoms with Crippen LogP contribution in [0, 0.1) is 13.8 Å². The number of benzene rings is 1. The van der Waals surface area contributed by atoms with Gasteiger partial charge in [-0.1, -0.05) is 24.3 Å². The molecule has 0 aliphatic carbocycles. The summed E-state index contributed by atoms with van der Waals surface area (Å²) >= 11 is 0. The summed E-state index contributed by atoms with van der Waals surface area (Å²) in [6.07, 6.45) is 2.21. The highest BCUT2D eigenvalue weighted by Crippen LogP contribution is 2.21. The van der Waals surface area contributed by atoms with Crippen LogP contribution in [0.25, 0.3) is 17.0 Å². The minimum atomic E-state index is -0.139. The van der Waals surface area contributed by atoms with E-state index in [0.29, 0.717) is 24.4 Å². The number of oxazole rings is 1. The van der Waals surface area contributed by atoms with E-state index in [1.807, 2.05) is 62.4 Å². The molecular formula is C21H20N4O2. The molecule has 0 bridgehead atoms. The van der Waals surface area contributed by atoms with Crippen LogP contribution in [0.4, 0.5) is 0 Å². The van der Waals surface area contributed by atoms with Gasteiger partial charge < -0.3 is 9.73 Å². The minimum Gasteiger partial charge on any atom is -0.441 e. The largest absolute Gasteiger partial charge is 0.441 e. The number of nitrogens with one attached hydrogen (secondary N) is 1. The summed E-state index contributed by atoms with van der Waals surface area (Å²) in [5.74, 6) is 1.24. The van der Waals surface area contributed by atoms with E-state index in [1.165, 1.54) is 0 Å². The van der Waals surface area contributed by atoms with Crippen LogP contribution in [-0.4, -0.2) is 27.0 Å². The van der Waals surface area contributed by atoms with Gasteiger partial charge in [-0.15, -0.1) is 0 Å². The number of aryl methyl sites for hydroxylation is 2. The number of carbonyl (C=O) groups excluding carboxylic acids is 1. The van der Waals surface area contributed by atoms with Gasteiger partial charge in [-0.05, 0) is 38.1 Å². The number of amides is 1. The Morgan fingerprint density at radius 1 is 1.11 bits per heavy atom. The van der Waals surface area contributed by atoms with Gasteiger partial charge in [0.2, 0.25) is 5.89 Å². The Morgan fingerprint density at radius 3 is 2.74 bits per heavy atom. The Bertz CT molecular complexity index is 1100. The van der Waals surface area contributed by atoms with E-state index in [2.05, 4.69) is 15.4 Å². The van der Waals surface area contributed by atoms with Crippen LogP contribution < -0.4 is 5.32 Å². The lowest BCUT2D eigenvalue weighted by Crippen LogP contribution is -2.25. The highest BCUT2D eigenvalue weighted by Gasteiger charge is 2.15. The van der Waals surface area contributed by atoms with E-state index < -0.39 is 0 Å². The fourth-order valence-electron chi connectivity index (χ4n) is 3.08. The maximum Gasteiger partial charge on any atom is 0.255 e. The first-order chi connectivity index (χ1) is 13.1. The molecule has 136 valence electrons. The van der Waals surface area contributed by atoms with Crippen molar-refractivity contribution in [3.8, 4) is 11.5 Å². The predicted molar refractivity (Wildman–Crippen MR) is 103 cm³/mol. The minimum absolute atomic E-state index is 0.139. The molecule has 3 aromatic heterocycles. The van der Waals surface area contributed by atoms with Crippen molar-refractivity contribution < 1.29 is 9.21 Å². The molecule has 1 aromatic carbocycles. The van der Waals surface area contributed by atoms with Crippen LogP contribution in [0.5, 0.6) is 0 Å². The molecule has 1 amide bonds. The first kappa shape index (κ1) is 17.0. The fraction of sp³-hybridized carbons (Fsp3) is 0.190. The molecule has 3 heterocycles. The summed E-state index contributed by atoms with van der Waals surface area (Å²) in [5.41, 5.74) is 4.15. The monoisotopic (exact) mass is 360 g/mol. The van der Waals surface area contributed by atoms with E-state index in [4.69, 9.17) is 4.42 Å². The summed E-state index contributed by atoms with van der Waals surface area (Å²) in [6.45, 7) is 4.33. The normalized spacial score (nSPS) is 11.0. The maximum atomic E-state index is 12.5. The van der Waals surface area contributed by atoms with E-state index in [1.54, 1.807) is 10.7 Å². The standard InChI is InChI=1S/C21H20N4O2/c1-14-7-6-10-19-17(13-23-25(14)19)20(26)22-12-11-18-15(2)27-21(24-18)16-8-4-3-5-9-16/h3-10,13H,11-12H2,1-2H3,(H,22,26). The van der Waals surface area contributed by atoms with Crippen molar-refractivity contribution in [1.82, 2.24) is 19.9 Å². The van der Waals surface area contributed by atoms with Gasteiger partial charge in [0.15, 0.2) is 0 Å². The van der Waals surface area contributed by atoms with Crippen molar-refractivity contribution in [1.29, 1.82) is 0 Å². The Hall–Kier alpha value is -3.41. The van der Waals surface area contributed by atoms with Crippen LogP contribution in [0.1, 0.15) is 27.5 Å². The molecular weight excluding hydrogens is 340 g/mol. The Balaban J connectivity index is 1.43. The summed E-state index contributed by atoms with van der Waals surface area (Å²) in [4.78, 5) is 17.1. The van der Waals surface area contributed by atoms with Crippen molar-refractivity contribution in [2.45, 2.75) is 20.3 Å². The first-order valence-corrected chi connectivity index (χ1v) is 8.87. The maximum absolute atomic E-state index is 12.5. The third-order valence-electron chi connectivity index (χ3n) is 4.54. The second-order valence-corrected chi connectivity index (χ2v) is 6.42. The van der Waals surface area contributed by atoms with E-state index in [-0.39, 0.29) is 5.91 Å². The predicted octanol–water partition coefficient (Wildman–Crippen LogP) is 3.58. The Morgan fingerprint density at radius 2 is 1.93 bits per heavy atom. The van der Waals surface area contributed by atoms with E-state index in [9.17, 15) is 4.79 Å². The molecule has 0 aliphatic rings. The Kier molecular flexibility index (Phi) is 4.46. The van der Waals surface area contributed by atoms with Crippen LogP contribution in [-0.2, 0) is 6.42 Å². The van der Waals surface area contributed by atoms with Crippen LogP contribution in [0.2, 0.25) is 0 Å². The van der Waals surface area contributed by atoms with Crippen LogP contribution >= 0.6 is 0 Å². The average Bonchev–Trinajstić information content (AvgIpc) is 3.27. The smallest absolute Gasteiger partial charge is 0.255 e. The molecule has 0 atom stereocenters. The lowest BCUT2D eigenvalue weighted by Gasteiger charge is -2.04. The van der Waals surface area contributed by atoms with Crippen molar-refractivity contribution in [3.05, 3.63) is 77.4 Å². The van der Waals surface area contributed by atoms with Gasteiger partial charge in [0, 0.05) is 24.2 Å². The van der Waals surface area contributed by atoms with E-state index >= 15 is 0 Å². The summed E-state index contributed by atoms with van der Waals surface area (Å²) < 4.78 is 7.53. The van der Waals surface area contributed by atoms with Gasteiger partial charge in [0.05, 0.1) is 23.0 Å². The summed E-state index contributed by atoms with van der Waals surface area (Å²) in [7, 11) is 0. The lowest BCUT2D eigenvalue weighted by atomic mass is 10.2. The molecule has 6 nitrogen and oxygen atoms in total.